The third-order valence-electron chi connectivity index (χ3n) is 3.85. The second-order valence-corrected chi connectivity index (χ2v) is 4.85. The summed E-state index contributed by atoms with van der Waals surface area (Å²) in [4.78, 5) is 11.4. The summed E-state index contributed by atoms with van der Waals surface area (Å²) in [5, 5.41) is 20.3. The number of methoxy groups -OCH3 is 1. The average molecular weight is 262 g/mol. The first kappa shape index (κ1) is 13.6. The summed E-state index contributed by atoms with van der Waals surface area (Å²) in [5.74, 6) is -1.24. The van der Waals surface area contributed by atoms with Gasteiger partial charge in [0.15, 0.2) is 0 Å². The molecule has 19 heavy (non-hydrogen) atoms. The topological polar surface area (TPSA) is 66.8 Å². The lowest BCUT2D eigenvalue weighted by Gasteiger charge is -2.32. The van der Waals surface area contributed by atoms with Crippen LogP contribution in [0.2, 0.25) is 0 Å². The molecule has 0 radical (unpaired) electrons. The Hall–Kier alpha value is -1.81. The highest BCUT2D eigenvalue weighted by Crippen LogP contribution is 2.47. The number of fused-ring (bicyclic) bond motifs is 1. The molecule has 102 valence electrons. The smallest absolute Gasteiger partial charge is 0.310 e. The fourth-order valence-corrected chi connectivity index (χ4v) is 2.79. The van der Waals surface area contributed by atoms with E-state index in [0.29, 0.717) is 23.3 Å². The molecule has 1 aliphatic rings. The van der Waals surface area contributed by atoms with E-state index in [-0.39, 0.29) is 0 Å². The van der Waals surface area contributed by atoms with Crippen molar-refractivity contribution in [1.29, 1.82) is 0 Å². The van der Waals surface area contributed by atoms with Crippen LogP contribution in [0.4, 0.5) is 0 Å². The Morgan fingerprint density at radius 1 is 1.47 bits per heavy atom. The van der Waals surface area contributed by atoms with Crippen LogP contribution >= 0.6 is 0 Å². The van der Waals surface area contributed by atoms with Gasteiger partial charge in [-0.25, -0.2) is 0 Å². The number of rotatable bonds is 4. The number of carboxylic acids is 1. The second-order valence-electron chi connectivity index (χ2n) is 4.85. The van der Waals surface area contributed by atoms with Crippen molar-refractivity contribution in [2.45, 2.75) is 25.9 Å². The first-order valence-electron chi connectivity index (χ1n) is 6.27. The van der Waals surface area contributed by atoms with Crippen LogP contribution in [0.5, 0.6) is 5.75 Å². The molecule has 0 aliphatic heterocycles. The van der Waals surface area contributed by atoms with E-state index < -0.39 is 17.5 Å². The van der Waals surface area contributed by atoms with E-state index in [1.54, 1.807) is 33.1 Å². The predicted molar refractivity (Wildman–Crippen MR) is 72.0 cm³/mol. The van der Waals surface area contributed by atoms with E-state index in [1.165, 1.54) is 0 Å². The molecule has 0 heterocycles. The molecule has 0 saturated carbocycles. The Kier molecular flexibility index (Phi) is 3.37. The summed E-state index contributed by atoms with van der Waals surface area (Å²) >= 11 is 0. The van der Waals surface area contributed by atoms with Crippen LogP contribution in [0.1, 0.15) is 31.4 Å². The molecule has 0 spiro atoms. The summed E-state index contributed by atoms with van der Waals surface area (Å²) in [7, 11) is 1.55. The van der Waals surface area contributed by atoms with E-state index in [2.05, 4.69) is 0 Å². The van der Waals surface area contributed by atoms with Crippen molar-refractivity contribution >= 4 is 12.0 Å². The molecule has 0 aromatic heterocycles. The van der Waals surface area contributed by atoms with Gasteiger partial charge in [0.05, 0.1) is 13.0 Å². The molecule has 0 fully saturated rings. The Labute approximate surface area is 112 Å². The molecule has 2 N–H and O–H groups in total. The molecule has 1 aromatic carbocycles. The molecule has 2 unspecified atom stereocenters. The Morgan fingerprint density at radius 2 is 2.16 bits per heavy atom. The van der Waals surface area contributed by atoms with Crippen molar-refractivity contribution in [3.63, 3.8) is 0 Å². The Bertz CT molecular complexity index is 547. The molecule has 2 rings (SSSR count). The maximum absolute atomic E-state index is 11.4. The number of benzene rings is 1. The van der Waals surface area contributed by atoms with Gasteiger partial charge in [-0.15, -0.1) is 0 Å². The van der Waals surface area contributed by atoms with E-state index in [9.17, 15) is 15.0 Å². The highest BCUT2D eigenvalue weighted by atomic mass is 16.5. The van der Waals surface area contributed by atoms with Gasteiger partial charge in [-0.1, -0.05) is 19.1 Å². The maximum Gasteiger partial charge on any atom is 0.310 e. The van der Waals surface area contributed by atoms with E-state index in [4.69, 9.17) is 4.74 Å². The van der Waals surface area contributed by atoms with Gasteiger partial charge < -0.3 is 14.9 Å². The summed E-state index contributed by atoms with van der Waals surface area (Å²) in [6.45, 7) is 3.53. The Morgan fingerprint density at radius 3 is 2.68 bits per heavy atom. The van der Waals surface area contributed by atoms with Gasteiger partial charge in [0.25, 0.3) is 0 Å². The van der Waals surface area contributed by atoms with Crippen LogP contribution in [0.3, 0.4) is 0 Å². The molecule has 4 nitrogen and oxygen atoms in total. The van der Waals surface area contributed by atoms with Gasteiger partial charge in [0, 0.05) is 0 Å². The minimum absolute atomic E-state index is 0.355. The molecule has 2 atom stereocenters. The van der Waals surface area contributed by atoms with Crippen LogP contribution < -0.4 is 4.74 Å². The summed E-state index contributed by atoms with van der Waals surface area (Å²) in [6.07, 6.45) is 2.19. The van der Waals surface area contributed by atoms with Gasteiger partial charge in [-0.05, 0) is 42.2 Å². The Balaban J connectivity index is 2.60. The summed E-state index contributed by atoms with van der Waals surface area (Å²) in [6, 6.07) is 5.36. The lowest BCUT2D eigenvalue weighted by molar-refractivity contribution is -0.150. The molecule has 0 amide bonds. The number of aliphatic carboxylic acids is 1. The molecule has 0 bridgehead atoms. The quantitative estimate of drug-likeness (QED) is 0.874. The molecule has 0 saturated heterocycles. The van der Waals surface area contributed by atoms with Gasteiger partial charge in [-0.3, -0.25) is 4.79 Å². The number of ether oxygens (including phenoxy) is 1. The van der Waals surface area contributed by atoms with E-state index in [1.807, 2.05) is 12.1 Å². The molecular formula is C15H18O4. The third kappa shape index (κ3) is 1.92. The normalized spacial score (nSPS) is 22.6. The largest absolute Gasteiger partial charge is 0.497 e. The van der Waals surface area contributed by atoms with E-state index in [0.717, 1.165) is 5.56 Å². The summed E-state index contributed by atoms with van der Waals surface area (Å²) < 4.78 is 5.16. The zero-order valence-electron chi connectivity index (χ0n) is 11.3. The van der Waals surface area contributed by atoms with Crippen molar-refractivity contribution in [2.24, 2.45) is 5.92 Å². The van der Waals surface area contributed by atoms with Gasteiger partial charge >= 0.3 is 5.97 Å². The highest BCUT2D eigenvalue weighted by molar-refractivity contribution is 5.78. The van der Waals surface area contributed by atoms with Gasteiger partial charge in [-0.2, -0.15) is 0 Å². The first-order chi connectivity index (χ1) is 8.94. The van der Waals surface area contributed by atoms with Crippen LogP contribution in [0.15, 0.2) is 23.8 Å². The van der Waals surface area contributed by atoms with Crippen LogP contribution in [-0.4, -0.2) is 23.3 Å². The highest BCUT2D eigenvalue weighted by Gasteiger charge is 2.47. The fourth-order valence-electron chi connectivity index (χ4n) is 2.79. The van der Waals surface area contributed by atoms with Gasteiger partial charge in [0.2, 0.25) is 0 Å². The lowest BCUT2D eigenvalue weighted by atomic mass is 9.77. The molecular weight excluding hydrogens is 244 g/mol. The van der Waals surface area contributed by atoms with Crippen LogP contribution in [0.25, 0.3) is 6.08 Å². The van der Waals surface area contributed by atoms with Crippen molar-refractivity contribution in [1.82, 2.24) is 0 Å². The van der Waals surface area contributed by atoms with Crippen LogP contribution in [-0.2, 0) is 10.4 Å². The molecule has 1 aromatic rings. The minimum Gasteiger partial charge on any atom is -0.497 e. The monoisotopic (exact) mass is 262 g/mol. The number of carbonyl (C=O) groups is 1. The van der Waals surface area contributed by atoms with Crippen LogP contribution in [0, 0.1) is 5.92 Å². The predicted octanol–water partition coefficient (Wildman–Crippen LogP) is 2.41. The maximum atomic E-state index is 11.4. The standard InChI is InChI=1S/C15H18O4/c1-4-12(14(16)17)15(18)9(2)7-10-5-6-11(19-3)8-13(10)15/h5-8,12,18H,4H2,1-3H3,(H,16,17). The minimum atomic E-state index is -1.45. The third-order valence-corrected chi connectivity index (χ3v) is 3.85. The van der Waals surface area contributed by atoms with E-state index >= 15 is 0 Å². The summed E-state index contributed by atoms with van der Waals surface area (Å²) in [5.41, 5.74) is 0.661. The SMILES string of the molecule is CCC(C(=O)O)C1(O)C(C)=Cc2ccc(OC)cc21. The van der Waals surface area contributed by atoms with Gasteiger partial charge in [0.1, 0.15) is 11.4 Å². The van der Waals surface area contributed by atoms with Crippen molar-refractivity contribution in [3.8, 4) is 5.75 Å². The lowest BCUT2D eigenvalue weighted by Crippen LogP contribution is -2.39. The average Bonchev–Trinajstić information content (AvgIpc) is 2.62. The number of hydrogen-bond acceptors (Lipinski definition) is 3. The zero-order chi connectivity index (χ0) is 14.2. The molecule has 4 heteroatoms. The second kappa shape index (κ2) is 4.70. The van der Waals surface area contributed by atoms with Crippen molar-refractivity contribution in [3.05, 3.63) is 34.9 Å². The number of aliphatic hydroxyl groups is 1. The fraction of sp³-hybridized carbons (Fsp3) is 0.400. The number of hydrogen-bond donors (Lipinski definition) is 2. The first-order valence-corrected chi connectivity index (χ1v) is 6.27. The van der Waals surface area contributed by atoms with Crippen molar-refractivity contribution in [2.75, 3.05) is 7.11 Å². The zero-order valence-corrected chi connectivity index (χ0v) is 11.3. The number of carboxylic acid groups (broad SMARTS) is 1. The van der Waals surface area contributed by atoms with Crippen molar-refractivity contribution < 1.29 is 19.7 Å². The molecule has 1 aliphatic carbocycles.